The van der Waals surface area contributed by atoms with E-state index in [0.29, 0.717) is 6.42 Å². The number of halogens is 2. The summed E-state index contributed by atoms with van der Waals surface area (Å²) in [7, 11) is 0.892. The number of carbonyl (C=O) groups is 2. The smallest absolute Gasteiger partial charge is 0.410 e. The maximum Gasteiger partial charge on any atom is 0.410 e. The van der Waals surface area contributed by atoms with Gasteiger partial charge in [0.15, 0.2) is 0 Å². The molecule has 5 nitrogen and oxygen atoms in total. The van der Waals surface area contributed by atoms with E-state index in [4.69, 9.17) is 4.74 Å². The van der Waals surface area contributed by atoms with Crippen LogP contribution in [0.2, 0.25) is 0 Å². The van der Waals surface area contributed by atoms with Crippen molar-refractivity contribution in [1.82, 2.24) is 4.90 Å². The van der Waals surface area contributed by atoms with Crippen molar-refractivity contribution in [1.29, 1.82) is 0 Å². The fraction of sp³-hybridized carbons (Fsp3) is 0.833. The largest absolute Gasteiger partial charge is 0.465 e. The van der Waals surface area contributed by atoms with Gasteiger partial charge in [0, 0.05) is 6.54 Å². The van der Waals surface area contributed by atoms with Crippen molar-refractivity contribution < 1.29 is 27.8 Å². The van der Waals surface area contributed by atoms with Gasteiger partial charge in [0.1, 0.15) is 11.6 Å². The number of hydrogen-bond donors (Lipinski definition) is 0. The Kier molecular flexibility index (Phi) is 4.37. The Balaban J connectivity index is 2.85. The Hall–Kier alpha value is -1.40. The first-order valence-corrected chi connectivity index (χ1v) is 6.05. The lowest BCUT2D eigenvalue weighted by Crippen LogP contribution is -2.52. The van der Waals surface area contributed by atoms with Crippen LogP contribution in [-0.4, -0.2) is 48.2 Å². The van der Waals surface area contributed by atoms with Crippen molar-refractivity contribution in [3.8, 4) is 0 Å². The van der Waals surface area contributed by atoms with Crippen molar-refractivity contribution in [3.63, 3.8) is 0 Å². The van der Waals surface area contributed by atoms with Gasteiger partial charge in [-0.15, -0.1) is 0 Å². The van der Waals surface area contributed by atoms with Gasteiger partial charge in [-0.1, -0.05) is 0 Å². The minimum absolute atomic E-state index is 0.0430. The summed E-state index contributed by atoms with van der Waals surface area (Å²) in [4.78, 5) is 23.9. The third-order valence-electron chi connectivity index (χ3n) is 2.76. The van der Waals surface area contributed by atoms with E-state index < -0.39 is 29.6 Å². The molecule has 1 unspecified atom stereocenters. The second kappa shape index (κ2) is 5.30. The highest BCUT2D eigenvalue weighted by Crippen LogP contribution is 2.33. The van der Waals surface area contributed by atoms with E-state index in [1.165, 1.54) is 0 Å². The molecule has 0 aromatic heterocycles. The summed E-state index contributed by atoms with van der Waals surface area (Å²) >= 11 is 0. The molecule has 0 aromatic carbocycles. The Morgan fingerprint density at radius 1 is 1.26 bits per heavy atom. The molecule has 0 saturated carbocycles. The predicted molar refractivity (Wildman–Crippen MR) is 62.9 cm³/mol. The first kappa shape index (κ1) is 15.7. The molecular formula is C12H19F2NO4. The van der Waals surface area contributed by atoms with E-state index in [1.807, 2.05) is 0 Å². The fourth-order valence-corrected chi connectivity index (χ4v) is 1.95. The second-order valence-corrected chi connectivity index (χ2v) is 5.45. The van der Waals surface area contributed by atoms with Crippen LogP contribution in [0.5, 0.6) is 0 Å². The van der Waals surface area contributed by atoms with E-state index in [1.54, 1.807) is 20.8 Å². The third kappa shape index (κ3) is 3.54. The number of alkyl halides is 2. The van der Waals surface area contributed by atoms with Crippen LogP contribution >= 0.6 is 0 Å². The molecular weight excluding hydrogens is 260 g/mol. The molecule has 0 aromatic rings. The number of ether oxygens (including phenoxy) is 2. The number of nitrogens with zero attached hydrogens (tertiary/aromatic N) is 1. The molecule has 1 aliphatic heterocycles. The number of likely N-dealkylation sites (tertiary alicyclic amines) is 1. The summed E-state index contributed by atoms with van der Waals surface area (Å²) in [5.74, 6) is -5.35. The Labute approximate surface area is 110 Å². The molecule has 0 N–H and O–H groups in total. The number of methoxy groups -OCH3 is 1. The van der Waals surface area contributed by atoms with Gasteiger partial charge >= 0.3 is 18.0 Å². The quantitative estimate of drug-likeness (QED) is 0.727. The van der Waals surface area contributed by atoms with Gasteiger partial charge in [-0.05, 0) is 33.6 Å². The third-order valence-corrected chi connectivity index (χ3v) is 2.76. The van der Waals surface area contributed by atoms with Gasteiger partial charge < -0.3 is 9.47 Å². The van der Waals surface area contributed by atoms with Gasteiger partial charge in [-0.3, -0.25) is 4.90 Å². The minimum Gasteiger partial charge on any atom is -0.465 e. The van der Waals surface area contributed by atoms with Crippen molar-refractivity contribution in [2.75, 3.05) is 13.7 Å². The number of hydrogen-bond acceptors (Lipinski definition) is 4. The summed E-state index contributed by atoms with van der Waals surface area (Å²) in [6.07, 6.45) is -0.392. The first-order valence-electron chi connectivity index (χ1n) is 6.05. The van der Waals surface area contributed by atoms with Crippen LogP contribution in [0.1, 0.15) is 33.6 Å². The maximum absolute atomic E-state index is 13.8. The summed E-state index contributed by atoms with van der Waals surface area (Å²) in [6, 6.07) is -1.50. The van der Waals surface area contributed by atoms with Crippen molar-refractivity contribution in [2.24, 2.45) is 0 Å². The highest BCUT2D eigenvalue weighted by Gasteiger charge is 2.54. The average molecular weight is 279 g/mol. The van der Waals surface area contributed by atoms with Crippen LogP contribution in [0, 0.1) is 0 Å². The van der Waals surface area contributed by atoms with Gasteiger partial charge in [-0.2, -0.15) is 8.78 Å². The molecule has 110 valence electrons. The van der Waals surface area contributed by atoms with Crippen LogP contribution in [-0.2, 0) is 14.3 Å². The molecule has 0 spiro atoms. The van der Waals surface area contributed by atoms with Gasteiger partial charge in [0.05, 0.1) is 7.11 Å². The molecule has 0 bridgehead atoms. The number of esters is 1. The molecule has 1 saturated heterocycles. The van der Waals surface area contributed by atoms with Crippen molar-refractivity contribution in [3.05, 3.63) is 0 Å². The molecule has 1 rings (SSSR count). The Bertz CT molecular complexity index is 365. The molecule has 0 aliphatic carbocycles. The van der Waals surface area contributed by atoms with Gasteiger partial charge in [-0.25, -0.2) is 9.59 Å². The highest BCUT2D eigenvalue weighted by molar-refractivity contribution is 5.80. The zero-order chi connectivity index (χ0) is 14.8. The molecule has 7 heteroatoms. The molecule has 19 heavy (non-hydrogen) atoms. The zero-order valence-corrected chi connectivity index (χ0v) is 11.5. The van der Waals surface area contributed by atoms with E-state index >= 15 is 0 Å². The Morgan fingerprint density at radius 2 is 1.84 bits per heavy atom. The highest BCUT2D eigenvalue weighted by atomic mass is 19.3. The van der Waals surface area contributed by atoms with E-state index in [-0.39, 0.29) is 13.0 Å². The number of rotatable bonds is 2. The van der Waals surface area contributed by atoms with E-state index in [0.717, 1.165) is 12.0 Å². The van der Waals surface area contributed by atoms with Crippen LogP contribution in [0.3, 0.4) is 0 Å². The standard InChI is InChI=1S/C12H19F2NO4/c1-11(2,3)19-10(17)15-7-5-6-8(15)12(13,14)9(16)18-4/h8H,5-7H2,1-4H3. The monoisotopic (exact) mass is 279 g/mol. The normalized spacial score (nSPS) is 20.3. The van der Waals surface area contributed by atoms with Crippen molar-refractivity contribution >= 4 is 12.1 Å². The summed E-state index contributed by atoms with van der Waals surface area (Å²) in [5.41, 5.74) is -0.773. The average Bonchev–Trinajstić information content (AvgIpc) is 2.74. The van der Waals surface area contributed by atoms with Gasteiger partial charge in [0.25, 0.3) is 0 Å². The Morgan fingerprint density at radius 3 is 2.32 bits per heavy atom. The van der Waals surface area contributed by atoms with E-state index in [9.17, 15) is 18.4 Å². The predicted octanol–water partition coefficient (Wildman–Crippen LogP) is 2.19. The molecule has 0 radical (unpaired) electrons. The van der Waals surface area contributed by atoms with Crippen LogP contribution in [0.15, 0.2) is 0 Å². The SMILES string of the molecule is COC(=O)C(F)(F)C1CCCN1C(=O)OC(C)(C)C. The molecule has 1 heterocycles. The van der Waals surface area contributed by atoms with Crippen LogP contribution in [0.25, 0.3) is 0 Å². The second-order valence-electron chi connectivity index (χ2n) is 5.45. The molecule has 1 atom stereocenters. The number of amides is 1. The fourth-order valence-electron chi connectivity index (χ4n) is 1.95. The number of carbonyl (C=O) groups excluding carboxylic acids is 2. The van der Waals surface area contributed by atoms with Gasteiger partial charge in [0.2, 0.25) is 0 Å². The lowest BCUT2D eigenvalue weighted by atomic mass is 10.1. The van der Waals surface area contributed by atoms with E-state index in [2.05, 4.69) is 4.74 Å². The molecule has 1 aliphatic rings. The lowest BCUT2D eigenvalue weighted by molar-refractivity contribution is -0.176. The summed E-state index contributed by atoms with van der Waals surface area (Å²) in [6.45, 7) is 5.09. The topological polar surface area (TPSA) is 55.8 Å². The maximum atomic E-state index is 13.8. The summed E-state index contributed by atoms with van der Waals surface area (Å²) in [5, 5.41) is 0. The lowest BCUT2D eigenvalue weighted by Gasteiger charge is -2.31. The molecule has 1 fully saturated rings. The first-order chi connectivity index (χ1) is 8.59. The van der Waals surface area contributed by atoms with Crippen LogP contribution in [0.4, 0.5) is 13.6 Å². The van der Waals surface area contributed by atoms with Crippen LogP contribution < -0.4 is 0 Å². The minimum atomic E-state index is -3.72. The van der Waals surface area contributed by atoms with Crippen molar-refractivity contribution in [2.45, 2.75) is 51.2 Å². The summed E-state index contributed by atoms with van der Waals surface area (Å²) < 4.78 is 36.8. The molecule has 1 amide bonds. The zero-order valence-electron chi connectivity index (χ0n) is 11.5.